The Morgan fingerprint density at radius 3 is 2.67 bits per heavy atom. The fourth-order valence-electron chi connectivity index (χ4n) is 3.57. The average Bonchev–Trinajstić information content (AvgIpc) is 3.21. The minimum absolute atomic E-state index is 0.0504. The van der Waals surface area contributed by atoms with Crippen LogP contribution in [-0.4, -0.2) is 45.9 Å². The van der Waals surface area contributed by atoms with Crippen molar-refractivity contribution in [2.75, 3.05) is 13.2 Å². The van der Waals surface area contributed by atoms with Crippen molar-refractivity contribution < 1.29 is 23.1 Å². The van der Waals surface area contributed by atoms with Gasteiger partial charge in [0.2, 0.25) is 0 Å². The van der Waals surface area contributed by atoms with Crippen molar-refractivity contribution in [3.63, 3.8) is 0 Å². The van der Waals surface area contributed by atoms with Crippen LogP contribution in [0.1, 0.15) is 31.7 Å². The van der Waals surface area contributed by atoms with Gasteiger partial charge in [-0.05, 0) is 72.6 Å². The van der Waals surface area contributed by atoms with Gasteiger partial charge in [-0.15, -0.1) is 0 Å². The lowest BCUT2D eigenvalue weighted by molar-refractivity contribution is -0.149. The lowest BCUT2D eigenvalue weighted by atomic mass is 10.0. The molecule has 0 aliphatic heterocycles. The molecule has 2 aromatic carbocycles. The molecule has 0 bridgehead atoms. The summed E-state index contributed by atoms with van der Waals surface area (Å²) in [5, 5.41) is 8.73. The molecule has 36 heavy (non-hydrogen) atoms. The fraction of sp³-hybridized carbons (Fsp3) is 0.333. The van der Waals surface area contributed by atoms with E-state index in [4.69, 9.17) is 10.5 Å². The van der Waals surface area contributed by atoms with E-state index < -0.39 is 23.2 Å². The van der Waals surface area contributed by atoms with Gasteiger partial charge >= 0.3 is 17.1 Å². The van der Waals surface area contributed by atoms with Crippen molar-refractivity contribution in [3.05, 3.63) is 52.8 Å². The molecule has 3 aromatic rings. The van der Waals surface area contributed by atoms with Crippen molar-refractivity contribution in [2.24, 2.45) is 5.73 Å². The van der Waals surface area contributed by atoms with Crippen LogP contribution in [0.2, 0.25) is 0 Å². The number of nitrogens with two attached hydrogens (primary N) is 1. The number of benzene rings is 2. The quantitative estimate of drug-likeness (QED) is 0.194. The number of imidazole rings is 1. The Hall–Kier alpha value is -3.01. The maximum atomic E-state index is 15.1. The molecule has 0 saturated carbocycles. The van der Waals surface area contributed by atoms with Gasteiger partial charge in [0.1, 0.15) is 10.6 Å². The van der Waals surface area contributed by atoms with Crippen LogP contribution in [0, 0.1) is 11.3 Å². The zero-order valence-electron chi connectivity index (χ0n) is 19.3. The van der Waals surface area contributed by atoms with E-state index in [1.54, 1.807) is 43.3 Å². The summed E-state index contributed by atoms with van der Waals surface area (Å²) in [6.45, 7) is 2.01. The first-order valence-corrected chi connectivity index (χ1v) is 12.7. The zero-order valence-corrected chi connectivity index (χ0v) is 21.7. The van der Waals surface area contributed by atoms with Crippen LogP contribution in [0.25, 0.3) is 16.5 Å². The second kappa shape index (κ2) is 12.3. The number of alkyl halides is 2. The number of halogens is 3. The Kier molecular flexibility index (Phi) is 9.42. The van der Waals surface area contributed by atoms with Crippen LogP contribution in [0.15, 0.2) is 52.4 Å². The van der Waals surface area contributed by atoms with Crippen LogP contribution in [0.4, 0.5) is 8.78 Å². The third-order valence-corrected chi connectivity index (χ3v) is 6.73. The molecule has 1 amide bonds. The number of esters is 1. The Morgan fingerprint density at radius 2 is 2.00 bits per heavy atom. The number of nitriles is 1. The number of carbonyl (C=O) groups excluding carboxylic acids is 2. The number of ether oxygens (including phenoxy) is 1. The van der Waals surface area contributed by atoms with E-state index in [1.165, 1.54) is 10.8 Å². The number of nitrogens with one attached hydrogen (secondary N) is 1. The van der Waals surface area contributed by atoms with Crippen molar-refractivity contribution in [1.82, 2.24) is 14.9 Å². The second-order valence-corrected chi connectivity index (χ2v) is 9.56. The lowest BCUT2D eigenvalue weighted by Gasteiger charge is -2.21. The van der Waals surface area contributed by atoms with Gasteiger partial charge in [0.05, 0.1) is 30.1 Å². The molecule has 0 aliphatic rings. The minimum Gasteiger partial charge on any atom is -0.464 e. The molecule has 190 valence electrons. The topological polar surface area (TPSA) is 123 Å². The molecular weight excluding hydrogens is 556 g/mol. The Bertz CT molecular complexity index is 1290. The molecule has 8 nitrogen and oxygen atoms in total. The SMILES string of the molecule is CCOC(=O)C(CCCCN)NC(=O)C(F)(F)Sc1ncc(Br)n1-c1ccc(C#N)c2ccccc12. The zero-order chi connectivity index (χ0) is 26.3. The van der Waals surface area contributed by atoms with Gasteiger partial charge in [0.15, 0.2) is 5.16 Å². The first-order chi connectivity index (χ1) is 17.2. The molecule has 0 fully saturated rings. The van der Waals surface area contributed by atoms with Gasteiger partial charge in [-0.3, -0.25) is 9.36 Å². The smallest absolute Gasteiger partial charge is 0.377 e. The second-order valence-electron chi connectivity index (χ2n) is 7.67. The number of hydrogen-bond donors (Lipinski definition) is 2. The molecule has 1 unspecified atom stereocenters. The van der Waals surface area contributed by atoms with Gasteiger partial charge in [-0.1, -0.05) is 24.3 Å². The van der Waals surface area contributed by atoms with E-state index in [0.29, 0.717) is 46.0 Å². The Morgan fingerprint density at radius 1 is 1.28 bits per heavy atom. The third kappa shape index (κ3) is 6.21. The predicted molar refractivity (Wildman–Crippen MR) is 136 cm³/mol. The highest BCUT2D eigenvalue weighted by molar-refractivity contribution is 9.10. The molecule has 1 heterocycles. The highest BCUT2D eigenvalue weighted by Crippen LogP contribution is 2.39. The van der Waals surface area contributed by atoms with Gasteiger partial charge < -0.3 is 15.8 Å². The van der Waals surface area contributed by atoms with Crippen LogP contribution in [-0.2, 0) is 14.3 Å². The number of aromatic nitrogens is 2. The van der Waals surface area contributed by atoms with Crippen LogP contribution < -0.4 is 11.1 Å². The van der Waals surface area contributed by atoms with E-state index >= 15 is 8.78 Å². The maximum absolute atomic E-state index is 15.1. The van der Waals surface area contributed by atoms with Gasteiger partial charge in [-0.2, -0.15) is 14.0 Å². The number of nitrogens with zero attached hydrogens (tertiary/aromatic N) is 3. The minimum atomic E-state index is -3.95. The van der Waals surface area contributed by atoms with Crippen LogP contribution in [0.3, 0.4) is 0 Å². The van der Waals surface area contributed by atoms with Gasteiger partial charge in [-0.25, -0.2) is 9.78 Å². The Balaban J connectivity index is 1.90. The summed E-state index contributed by atoms with van der Waals surface area (Å²) in [5.41, 5.74) is 6.40. The molecule has 1 aromatic heterocycles. The molecular formula is C24H24BrF2N5O3S. The van der Waals surface area contributed by atoms with E-state index in [-0.39, 0.29) is 29.9 Å². The van der Waals surface area contributed by atoms with E-state index in [1.807, 2.05) is 0 Å². The number of thioether (sulfide) groups is 1. The molecule has 0 aliphatic carbocycles. The molecule has 3 N–H and O–H groups in total. The summed E-state index contributed by atoms with van der Waals surface area (Å²) in [6.07, 6.45) is 2.50. The van der Waals surface area contributed by atoms with Gasteiger partial charge in [0.25, 0.3) is 0 Å². The summed E-state index contributed by atoms with van der Waals surface area (Å²) >= 11 is 3.29. The summed E-state index contributed by atoms with van der Waals surface area (Å²) in [6, 6.07) is 11.2. The van der Waals surface area contributed by atoms with Crippen LogP contribution >= 0.6 is 27.7 Å². The predicted octanol–water partition coefficient (Wildman–Crippen LogP) is 4.52. The first-order valence-electron chi connectivity index (χ1n) is 11.1. The highest BCUT2D eigenvalue weighted by Gasteiger charge is 2.44. The third-order valence-electron chi connectivity index (χ3n) is 5.26. The Labute approximate surface area is 219 Å². The normalized spacial score (nSPS) is 12.2. The molecule has 0 radical (unpaired) electrons. The first kappa shape index (κ1) is 27.6. The molecule has 1 atom stereocenters. The standard InChI is InChI=1S/C24H24BrF2N5O3S/c1-2-35-21(33)18(9-5-6-12-28)31-22(34)24(26,27)36-23-30-14-20(25)32(23)19-11-10-15(13-29)16-7-3-4-8-17(16)19/h3-4,7-8,10-11,14,18H,2,5-6,9,12,28H2,1H3,(H,31,34). The number of rotatable bonds is 11. The largest absolute Gasteiger partial charge is 0.464 e. The van der Waals surface area contributed by atoms with E-state index in [0.717, 1.165) is 0 Å². The molecule has 3 rings (SSSR count). The fourth-order valence-corrected chi connectivity index (χ4v) is 4.92. The van der Waals surface area contributed by atoms with E-state index in [9.17, 15) is 14.9 Å². The monoisotopic (exact) mass is 579 g/mol. The number of hydrogen-bond acceptors (Lipinski definition) is 7. The van der Waals surface area contributed by atoms with Crippen LogP contribution in [0.5, 0.6) is 0 Å². The van der Waals surface area contributed by atoms with Crippen molar-refractivity contribution in [3.8, 4) is 11.8 Å². The summed E-state index contributed by atoms with van der Waals surface area (Å²) in [4.78, 5) is 28.8. The highest BCUT2D eigenvalue weighted by atomic mass is 79.9. The van der Waals surface area contributed by atoms with Crippen molar-refractivity contribution >= 4 is 50.3 Å². The number of carbonyl (C=O) groups is 2. The number of unbranched alkanes of at least 4 members (excludes halogenated alkanes) is 1. The molecule has 0 saturated heterocycles. The summed E-state index contributed by atoms with van der Waals surface area (Å²) in [7, 11) is 0. The maximum Gasteiger partial charge on any atom is 0.377 e. The van der Waals surface area contributed by atoms with Crippen molar-refractivity contribution in [1.29, 1.82) is 5.26 Å². The van der Waals surface area contributed by atoms with Gasteiger partial charge in [0, 0.05) is 10.8 Å². The average molecular weight is 580 g/mol. The number of amides is 1. The molecule has 12 heteroatoms. The van der Waals surface area contributed by atoms with Crippen molar-refractivity contribution in [2.45, 2.75) is 42.6 Å². The lowest BCUT2D eigenvalue weighted by Crippen LogP contribution is -2.48. The summed E-state index contributed by atoms with van der Waals surface area (Å²) < 4.78 is 36.9. The summed E-state index contributed by atoms with van der Waals surface area (Å²) in [5.74, 6) is -2.41. The molecule has 0 spiro atoms. The number of fused-ring (bicyclic) bond motifs is 1. The van der Waals surface area contributed by atoms with E-state index in [2.05, 4.69) is 32.3 Å².